The molecule has 0 heterocycles. The van der Waals surface area contributed by atoms with Crippen molar-refractivity contribution in [3.8, 4) is 23.7 Å². The molecule has 3 rings (SSSR count). The van der Waals surface area contributed by atoms with Crippen LogP contribution in [0.4, 0.5) is 8.78 Å². The zero-order chi connectivity index (χ0) is 26.3. The maximum absolute atomic E-state index is 14.6. The lowest BCUT2D eigenvalue weighted by atomic mass is 10.0. The van der Waals surface area contributed by atoms with Crippen molar-refractivity contribution in [2.45, 2.75) is 84.5 Å². The highest BCUT2D eigenvalue weighted by Crippen LogP contribution is 2.15. The number of hydrogen-bond acceptors (Lipinski definition) is 0. The largest absolute Gasteiger partial charge is 0.207 e. The van der Waals surface area contributed by atoms with E-state index in [0.29, 0.717) is 16.7 Å². The van der Waals surface area contributed by atoms with Crippen molar-refractivity contribution in [3.63, 3.8) is 0 Å². The van der Waals surface area contributed by atoms with Gasteiger partial charge in [-0.1, -0.05) is 101 Å². The average molecular weight is 497 g/mol. The summed E-state index contributed by atoms with van der Waals surface area (Å²) in [6, 6.07) is 18.1. The molecular weight excluding hydrogens is 458 g/mol. The maximum Gasteiger partial charge on any atom is 0.140 e. The van der Waals surface area contributed by atoms with E-state index < -0.39 is 5.82 Å². The fraction of sp³-hybridized carbons (Fsp3) is 0.371. The van der Waals surface area contributed by atoms with Crippen molar-refractivity contribution in [1.29, 1.82) is 0 Å². The second-order valence-corrected chi connectivity index (χ2v) is 9.67. The topological polar surface area (TPSA) is 0 Å². The van der Waals surface area contributed by atoms with E-state index in [-0.39, 0.29) is 5.82 Å². The molecule has 0 nitrogen and oxygen atoms in total. The van der Waals surface area contributed by atoms with Crippen molar-refractivity contribution in [3.05, 3.63) is 106 Å². The summed E-state index contributed by atoms with van der Waals surface area (Å²) in [5, 5.41) is 0. The Hall–Kier alpha value is -3.36. The van der Waals surface area contributed by atoms with Gasteiger partial charge in [-0.15, -0.1) is 0 Å². The van der Waals surface area contributed by atoms with E-state index in [9.17, 15) is 8.78 Å². The predicted molar refractivity (Wildman–Crippen MR) is 152 cm³/mol. The first kappa shape index (κ1) is 28.2. The highest BCUT2D eigenvalue weighted by atomic mass is 19.1. The molecule has 0 atom stereocenters. The summed E-state index contributed by atoms with van der Waals surface area (Å²) in [7, 11) is 0. The Morgan fingerprint density at radius 1 is 0.514 bits per heavy atom. The van der Waals surface area contributed by atoms with Crippen LogP contribution in [0.3, 0.4) is 0 Å². The molecule has 0 bridgehead atoms. The van der Waals surface area contributed by atoms with Crippen LogP contribution in [0, 0.1) is 35.3 Å². The van der Waals surface area contributed by atoms with Gasteiger partial charge in [0.2, 0.25) is 0 Å². The number of unbranched alkanes of at least 4 members (excludes halogenated alkanes) is 7. The third kappa shape index (κ3) is 9.90. The Morgan fingerprint density at radius 3 is 1.70 bits per heavy atom. The number of aryl methyl sites for hydroxylation is 2. The van der Waals surface area contributed by atoms with E-state index in [2.05, 4.69) is 49.7 Å². The van der Waals surface area contributed by atoms with E-state index in [1.165, 1.54) is 56.2 Å². The molecule has 0 aliphatic heterocycles. The second-order valence-electron chi connectivity index (χ2n) is 9.67. The minimum Gasteiger partial charge on any atom is -0.207 e. The van der Waals surface area contributed by atoms with Gasteiger partial charge in [-0.25, -0.2) is 8.78 Å². The zero-order valence-corrected chi connectivity index (χ0v) is 22.3. The molecule has 3 aromatic rings. The summed E-state index contributed by atoms with van der Waals surface area (Å²) in [5.74, 6) is 11.2. The minimum atomic E-state index is -0.406. The number of rotatable bonds is 11. The first-order valence-electron chi connectivity index (χ1n) is 13.8. The average Bonchev–Trinajstić information content (AvgIpc) is 2.91. The SMILES string of the molecule is CCCCCCCc1ccc(C#Cc2ccc(C#Cc3ccc(CCCCCC)c(F)c3)cc2F)cc1. The third-order valence-corrected chi connectivity index (χ3v) is 6.54. The smallest absolute Gasteiger partial charge is 0.140 e. The fourth-order valence-corrected chi connectivity index (χ4v) is 4.24. The van der Waals surface area contributed by atoms with Gasteiger partial charge in [-0.05, 0) is 79.3 Å². The van der Waals surface area contributed by atoms with Crippen molar-refractivity contribution in [2.75, 3.05) is 0 Å². The van der Waals surface area contributed by atoms with Gasteiger partial charge in [0.05, 0.1) is 5.56 Å². The summed E-state index contributed by atoms with van der Waals surface area (Å²) in [6.07, 6.45) is 12.7. The van der Waals surface area contributed by atoms with Gasteiger partial charge in [0.25, 0.3) is 0 Å². The van der Waals surface area contributed by atoms with Crippen LogP contribution in [0.1, 0.15) is 105 Å². The molecule has 0 aliphatic carbocycles. The van der Waals surface area contributed by atoms with Gasteiger partial charge in [-0.3, -0.25) is 0 Å². The van der Waals surface area contributed by atoms with Crippen LogP contribution in [0.5, 0.6) is 0 Å². The summed E-state index contributed by atoms with van der Waals surface area (Å²) in [6.45, 7) is 4.39. The lowest BCUT2D eigenvalue weighted by molar-refractivity contribution is 0.593. The molecule has 192 valence electrons. The molecule has 0 aliphatic rings. The van der Waals surface area contributed by atoms with E-state index in [4.69, 9.17) is 0 Å². The van der Waals surface area contributed by atoms with Gasteiger partial charge < -0.3 is 0 Å². The van der Waals surface area contributed by atoms with Crippen LogP contribution in [0.15, 0.2) is 60.7 Å². The van der Waals surface area contributed by atoms with E-state index in [1.54, 1.807) is 12.1 Å². The van der Waals surface area contributed by atoms with Crippen LogP contribution in [0.2, 0.25) is 0 Å². The zero-order valence-electron chi connectivity index (χ0n) is 22.3. The van der Waals surface area contributed by atoms with Crippen molar-refractivity contribution >= 4 is 0 Å². The number of hydrogen-bond donors (Lipinski definition) is 0. The highest BCUT2D eigenvalue weighted by molar-refractivity contribution is 5.49. The van der Waals surface area contributed by atoms with Gasteiger partial charge >= 0.3 is 0 Å². The molecule has 0 amide bonds. The molecule has 0 aromatic heterocycles. The molecule has 0 radical (unpaired) electrons. The minimum absolute atomic E-state index is 0.222. The molecular formula is C35H38F2. The van der Waals surface area contributed by atoms with Crippen LogP contribution in [-0.2, 0) is 12.8 Å². The molecule has 0 saturated heterocycles. The molecule has 37 heavy (non-hydrogen) atoms. The summed E-state index contributed by atoms with van der Waals surface area (Å²) in [4.78, 5) is 0. The van der Waals surface area contributed by atoms with Gasteiger partial charge in [0.15, 0.2) is 0 Å². The normalized spacial score (nSPS) is 10.4. The fourth-order valence-electron chi connectivity index (χ4n) is 4.24. The second kappa shape index (κ2) is 15.7. The van der Waals surface area contributed by atoms with Crippen molar-refractivity contribution < 1.29 is 8.78 Å². The molecule has 0 N–H and O–H groups in total. The lowest BCUT2D eigenvalue weighted by Crippen LogP contribution is -1.92. The third-order valence-electron chi connectivity index (χ3n) is 6.54. The van der Waals surface area contributed by atoms with Crippen LogP contribution in [0.25, 0.3) is 0 Å². The first-order chi connectivity index (χ1) is 18.1. The van der Waals surface area contributed by atoms with E-state index in [1.807, 2.05) is 24.3 Å². The van der Waals surface area contributed by atoms with Gasteiger partial charge in [0, 0.05) is 16.7 Å². The Kier molecular flexibility index (Phi) is 12.0. The number of halogens is 2. The molecule has 3 aromatic carbocycles. The lowest BCUT2D eigenvalue weighted by Gasteiger charge is -2.03. The Bertz CT molecular complexity index is 1250. The summed E-state index contributed by atoms with van der Waals surface area (Å²) >= 11 is 0. The number of benzene rings is 3. The quantitative estimate of drug-likeness (QED) is 0.183. The predicted octanol–water partition coefficient (Wildman–Crippen LogP) is 9.40. The maximum atomic E-state index is 14.6. The summed E-state index contributed by atoms with van der Waals surface area (Å²) in [5.41, 5.74) is 4.38. The Morgan fingerprint density at radius 2 is 1.05 bits per heavy atom. The standard InChI is InChI=1S/C35H38F2/c1-3-5-7-9-10-12-28-14-16-29(17-15-28)20-23-33-25-22-31(27-35(33)37)19-18-30-21-24-32(34(36)26-30)13-11-8-6-4-2/h14-17,21-22,24-27H,3-13H2,1-2H3. The van der Waals surface area contributed by atoms with E-state index in [0.717, 1.165) is 43.2 Å². The molecule has 0 fully saturated rings. The Balaban J connectivity index is 1.57. The van der Waals surface area contributed by atoms with E-state index >= 15 is 0 Å². The van der Waals surface area contributed by atoms with Crippen LogP contribution >= 0.6 is 0 Å². The first-order valence-corrected chi connectivity index (χ1v) is 13.8. The molecule has 0 spiro atoms. The van der Waals surface area contributed by atoms with Gasteiger partial charge in [0.1, 0.15) is 11.6 Å². The monoisotopic (exact) mass is 496 g/mol. The van der Waals surface area contributed by atoms with Gasteiger partial charge in [-0.2, -0.15) is 0 Å². The van der Waals surface area contributed by atoms with Crippen LogP contribution < -0.4 is 0 Å². The Labute approximate surface area is 222 Å². The summed E-state index contributed by atoms with van der Waals surface area (Å²) < 4.78 is 29.0. The van der Waals surface area contributed by atoms with Crippen molar-refractivity contribution in [1.82, 2.24) is 0 Å². The van der Waals surface area contributed by atoms with Crippen molar-refractivity contribution in [2.24, 2.45) is 0 Å². The van der Waals surface area contributed by atoms with Crippen LogP contribution in [-0.4, -0.2) is 0 Å². The molecule has 2 heteroatoms. The highest BCUT2D eigenvalue weighted by Gasteiger charge is 2.04. The molecule has 0 saturated carbocycles. The molecule has 0 unspecified atom stereocenters.